The summed E-state index contributed by atoms with van der Waals surface area (Å²) in [4.78, 5) is 14.1. The first kappa shape index (κ1) is 20.6. The molecule has 1 aliphatic heterocycles. The summed E-state index contributed by atoms with van der Waals surface area (Å²) in [7, 11) is 0. The highest BCUT2D eigenvalue weighted by Gasteiger charge is 2.12. The van der Waals surface area contributed by atoms with Crippen LogP contribution in [0.3, 0.4) is 0 Å². The minimum Gasteiger partial charge on any atom is -0.493 e. The monoisotopic (exact) mass is 356 g/mol. The molecule has 136 valence electrons. The normalized spacial score (nSPS) is 14.0. The fourth-order valence-electron chi connectivity index (χ4n) is 2.61. The molecule has 2 rings (SSSR count). The zero-order valence-corrected chi connectivity index (χ0v) is 15.3. The van der Waals surface area contributed by atoms with E-state index in [9.17, 15) is 4.79 Å². The number of nitrogens with one attached hydrogen (secondary N) is 1. The number of nitrogens with zero attached hydrogens (tertiary/aromatic N) is 1. The molecule has 0 spiro atoms. The van der Waals surface area contributed by atoms with Gasteiger partial charge >= 0.3 is 6.09 Å². The first-order valence-electron chi connectivity index (χ1n) is 8.63. The fraction of sp³-hybridized carbons (Fsp3) is 0.611. The van der Waals surface area contributed by atoms with E-state index in [1.807, 2.05) is 24.3 Å². The highest BCUT2D eigenvalue weighted by Crippen LogP contribution is 2.18. The lowest BCUT2D eigenvalue weighted by Gasteiger charge is -2.15. The van der Waals surface area contributed by atoms with Gasteiger partial charge in [-0.25, -0.2) is 4.79 Å². The number of rotatable bonds is 9. The van der Waals surface area contributed by atoms with Crippen LogP contribution in [0.4, 0.5) is 4.79 Å². The maximum Gasteiger partial charge on any atom is 0.407 e. The second-order valence-corrected chi connectivity index (χ2v) is 5.85. The van der Waals surface area contributed by atoms with E-state index < -0.39 is 0 Å². The van der Waals surface area contributed by atoms with Crippen LogP contribution in [-0.4, -0.2) is 43.8 Å². The van der Waals surface area contributed by atoms with Crippen LogP contribution in [0, 0.1) is 0 Å². The Morgan fingerprint density at radius 1 is 1.21 bits per heavy atom. The maximum atomic E-state index is 11.8. The molecule has 1 N–H and O–H groups in total. The number of halogens is 1. The minimum absolute atomic E-state index is 0. The van der Waals surface area contributed by atoms with E-state index in [2.05, 4.69) is 17.1 Å². The van der Waals surface area contributed by atoms with E-state index in [1.54, 1.807) is 0 Å². The van der Waals surface area contributed by atoms with Crippen molar-refractivity contribution in [1.82, 2.24) is 10.2 Å². The Morgan fingerprint density at radius 2 is 1.96 bits per heavy atom. The van der Waals surface area contributed by atoms with Crippen molar-refractivity contribution in [2.24, 2.45) is 0 Å². The second kappa shape index (κ2) is 12.0. The topological polar surface area (TPSA) is 50.8 Å². The minimum atomic E-state index is -0.368. The number of ether oxygens (including phenoxy) is 2. The van der Waals surface area contributed by atoms with Crippen LogP contribution in [0.2, 0.25) is 0 Å². The number of para-hydroxylation sites is 1. The van der Waals surface area contributed by atoms with Crippen LogP contribution < -0.4 is 10.1 Å². The van der Waals surface area contributed by atoms with Gasteiger partial charge in [0.1, 0.15) is 12.4 Å². The summed E-state index contributed by atoms with van der Waals surface area (Å²) in [5, 5.41) is 2.80. The molecule has 1 aromatic rings. The standard InChI is InChI=1S/C18H28N2O3.ClH/c1-2-3-13-22-17-9-5-4-8-16(17)15-19-18(21)23-14-12-20-10-6-7-11-20;/h4-5,8-9H,2-3,6-7,10-15H2,1H3,(H,19,21);1H. The fourth-order valence-corrected chi connectivity index (χ4v) is 2.61. The van der Waals surface area contributed by atoms with Crippen molar-refractivity contribution in [3.8, 4) is 5.75 Å². The van der Waals surface area contributed by atoms with Gasteiger partial charge in [-0.05, 0) is 38.4 Å². The van der Waals surface area contributed by atoms with Gasteiger partial charge in [-0.3, -0.25) is 4.90 Å². The van der Waals surface area contributed by atoms with Crippen LogP contribution in [0.1, 0.15) is 38.2 Å². The van der Waals surface area contributed by atoms with Crippen LogP contribution in [0.25, 0.3) is 0 Å². The van der Waals surface area contributed by atoms with E-state index in [4.69, 9.17) is 9.47 Å². The first-order valence-corrected chi connectivity index (χ1v) is 8.63. The lowest BCUT2D eigenvalue weighted by atomic mass is 10.2. The third-order valence-corrected chi connectivity index (χ3v) is 3.99. The van der Waals surface area contributed by atoms with Gasteiger partial charge in [-0.1, -0.05) is 31.5 Å². The Balaban J connectivity index is 0.00000288. The van der Waals surface area contributed by atoms with E-state index >= 15 is 0 Å². The molecule has 24 heavy (non-hydrogen) atoms. The number of hydrogen-bond donors (Lipinski definition) is 1. The molecule has 1 amide bonds. The van der Waals surface area contributed by atoms with Crippen LogP contribution in [0.5, 0.6) is 5.75 Å². The van der Waals surface area contributed by atoms with Gasteiger partial charge in [0.05, 0.1) is 6.61 Å². The Morgan fingerprint density at radius 3 is 2.71 bits per heavy atom. The number of carbonyl (C=O) groups excluding carboxylic acids is 1. The lowest BCUT2D eigenvalue weighted by molar-refractivity contribution is 0.132. The maximum absolute atomic E-state index is 11.8. The van der Waals surface area contributed by atoms with Crippen molar-refractivity contribution in [3.63, 3.8) is 0 Å². The molecule has 0 aliphatic carbocycles. The summed E-state index contributed by atoms with van der Waals surface area (Å²) in [6.45, 7) is 6.76. The predicted octanol–water partition coefficient (Wildman–Crippen LogP) is 3.61. The number of benzene rings is 1. The molecule has 1 fully saturated rings. The molecule has 1 aliphatic rings. The molecule has 0 aromatic heterocycles. The molecule has 0 atom stereocenters. The lowest BCUT2D eigenvalue weighted by Crippen LogP contribution is -2.29. The van der Waals surface area contributed by atoms with Gasteiger partial charge in [0.25, 0.3) is 0 Å². The first-order chi connectivity index (χ1) is 11.3. The zero-order chi connectivity index (χ0) is 16.3. The van der Waals surface area contributed by atoms with Gasteiger partial charge in [0, 0.05) is 18.7 Å². The molecule has 0 bridgehead atoms. The number of carbonyl (C=O) groups is 1. The molecule has 1 aromatic carbocycles. The molecule has 1 saturated heterocycles. The van der Waals surface area contributed by atoms with Crippen molar-refractivity contribution >= 4 is 18.5 Å². The summed E-state index contributed by atoms with van der Waals surface area (Å²) in [6, 6.07) is 7.79. The molecule has 0 saturated carbocycles. The zero-order valence-electron chi connectivity index (χ0n) is 14.5. The van der Waals surface area contributed by atoms with E-state index in [-0.39, 0.29) is 18.5 Å². The third kappa shape index (κ3) is 7.41. The molecule has 6 heteroatoms. The molecule has 5 nitrogen and oxygen atoms in total. The number of amides is 1. The van der Waals surface area contributed by atoms with Gasteiger partial charge < -0.3 is 14.8 Å². The summed E-state index contributed by atoms with van der Waals surface area (Å²) < 4.78 is 11.0. The van der Waals surface area contributed by atoms with Crippen molar-refractivity contribution in [1.29, 1.82) is 0 Å². The average Bonchev–Trinajstić information content (AvgIpc) is 3.07. The number of hydrogen-bond acceptors (Lipinski definition) is 4. The Kier molecular flexibility index (Phi) is 10.3. The summed E-state index contributed by atoms with van der Waals surface area (Å²) in [5.74, 6) is 0.832. The molecule has 0 radical (unpaired) electrons. The van der Waals surface area contributed by atoms with Crippen molar-refractivity contribution < 1.29 is 14.3 Å². The van der Waals surface area contributed by atoms with E-state index in [1.165, 1.54) is 12.8 Å². The van der Waals surface area contributed by atoms with Gasteiger partial charge in [-0.15, -0.1) is 12.4 Å². The Hall–Kier alpha value is -1.46. The number of alkyl carbamates (subject to hydrolysis) is 1. The van der Waals surface area contributed by atoms with E-state index in [0.29, 0.717) is 19.8 Å². The quantitative estimate of drug-likeness (QED) is 0.687. The third-order valence-electron chi connectivity index (χ3n) is 3.99. The van der Waals surface area contributed by atoms with Gasteiger partial charge in [0.15, 0.2) is 0 Å². The summed E-state index contributed by atoms with van der Waals surface area (Å²) >= 11 is 0. The van der Waals surface area contributed by atoms with Crippen LogP contribution in [0.15, 0.2) is 24.3 Å². The number of likely N-dealkylation sites (tertiary alicyclic amines) is 1. The molecular formula is C18H29ClN2O3. The smallest absolute Gasteiger partial charge is 0.407 e. The Bertz CT molecular complexity index is 479. The SMILES string of the molecule is CCCCOc1ccccc1CNC(=O)OCCN1CCCC1.Cl. The predicted molar refractivity (Wildman–Crippen MR) is 98.0 cm³/mol. The summed E-state index contributed by atoms with van der Waals surface area (Å²) in [6.07, 6.45) is 4.26. The molecular weight excluding hydrogens is 328 g/mol. The van der Waals surface area contributed by atoms with E-state index in [0.717, 1.165) is 43.8 Å². The van der Waals surface area contributed by atoms with Gasteiger partial charge in [0.2, 0.25) is 0 Å². The second-order valence-electron chi connectivity index (χ2n) is 5.85. The molecule has 0 unspecified atom stereocenters. The van der Waals surface area contributed by atoms with Crippen molar-refractivity contribution in [2.75, 3.05) is 32.8 Å². The highest BCUT2D eigenvalue weighted by molar-refractivity contribution is 5.85. The highest BCUT2D eigenvalue weighted by atomic mass is 35.5. The number of unbranched alkanes of at least 4 members (excludes halogenated alkanes) is 1. The van der Waals surface area contributed by atoms with Crippen molar-refractivity contribution in [3.05, 3.63) is 29.8 Å². The van der Waals surface area contributed by atoms with Crippen molar-refractivity contribution in [2.45, 2.75) is 39.2 Å². The Labute approximate surface area is 151 Å². The average molecular weight is 357 g/mol. The molecule has 1 heterocycles. The largest absolute Gasteiger partial charge is 0.493 e. The van der Waals surface area contributed by atoms with Crippen LogP contribution >= 0.6 is 12.4 Å². The summed E-state index contributed by atoms with van der Waals surface area (Å²) in [5.41, 5.74) is 0.972. The van der Waals surface area contributed by atoms with Crippen LogP contribution in [-0.2, 0) is 11.3 Å². The van der Waals surface area contributed by atoms with Gasteiger partial charge in [-0.2, -0.15) is 0 Å².